The number of aliphatic hydroxyl groups excluding tert-OH is 4. The molecule has 0 amide bonds. The summed E-state index contributed by atoms with van der Waals surface area (Å²) in [6, 6.07) is 0. The van der Waals surface area contributed by atoms with Gasteiger partial charge >= 0.3 is 0 Å². The fourth-order valence-corrected chi connectivity index (χ4v) is 1.28. The van der Waals surface area contributed by atoms with Crippen molar-refractivity contribution in [3.63, 3.8) is 0 Å². The van der Waals surface area contributed by atoms with Crippen molar-refractivity contribution >= 4 is 9.24 Å². The first-order valence-electron chi connectivity index (χ1n) is 3.17. The Labute approximate surface area is 65.8 Å². The van der Waals surface area contributed by atoms with E-state index in [-0.39, 0.29) is 0 Å². The van der Waals surface area contributed by atoms with Crippen molar-refractivity contribution in [2.75, 3.05) is 0 Å². The van der Waals surface area contributed by atoms with Crippen molar-refractivity contribution in [3.05, 3.63) is 0 Å². The summed E-state index contributed by atoms with van der Waals surface area (Å²) >= 11 is 0. The number of hydrogen-bond donors (Lipinski definition) is 4. The van der Waals surface area contributed by atoms with Crippen molar-refractivity contribution in [3.8, 4) is 0 Å². The van der Waals surface area contributed by atoms with Gasteiger partial charge in [0.05, 0.1) is 0 Å². The predicted molar refractivity (Wildman–Crippen MR) is 38.6 cm³/mol. The van der Waals surface area contributed by atoms with Gasteiger partial charge in [-0.25, -0.2) is 0 Å². The van der Waals surface area contributed by atoms with Crippen molar-refractivity contribution in [1.29, 1.82) is 0 Å². The zero-order valence-corrected chi connectivity index (χ0v) is 6.82. The maximum absolute atomic E-state index is 9.07. The lowest BCUT2D eigenvalue weighted by molar-refractivity contribution is -0.261. The summed E-state index contributed by atoms with van der Waals surface area (Å²) < 4.78 is 4.64. The quantitative estimate of drug-likeness (QED) is 0.314. The first-order chi connectivity index (χ1) is 5.04. The van der Waals surface area contributed by atoms with Crippen LogP contribution in [0.3, 0.4) is 0 Å². The highest BCUT2D eigenvalue weighted by Gasteiger charge is 2.40. The average Bonchev–Trinajstić information content (AvgIpc) is 1.97. The molecule has 1 heterocycles. The fourth-order valence-electron chi connectivity index (χ4n) is 0.887. The molecule has 1 rings (SSSR count). The smallest absolute Gasteiger partial charge is 0.184 e. The molecule has 6 atom stereocenters. The van der Waals surface area contributed by atoms with E-state index in [2.05, 4.69) is 14.0 Å². The SMILES string of the molecule is O[C@@H]1[C@@H](O)[C@@H](O)O[C@H](P)[C@H]1O. The van der Waals surface area contributed by atoms with E-state index >= 15 is 0 Å². The first kappa shape index (κ1) is 9.32. The normalized spacial score (nSPS) is 52.6. The molecule has 1 fully saturated rings. The molecule has 4 N–H and O–H groups in total. The molecule has 0 aromatic heterocycles. The van der Waals surface area contributed by atoms with Crippen LogP contribution in [-0.2, 0) is 4.74 Å². The fraction of sp³-hybridized carbons (Fsp3) is 1.00. The van der Waals surface area contributed by atoms with Gasteiger partial charge in [-0.15, -0.1) is 9.24 Å². The second kappa shape index (κ2) is 3.31. The first-order valence-corrected chi connectivity index (χ1v) is 3.84. The maximum Gasteiger partial charge on any atom is 0.184 e. The van der Waals surface area contributed by atoms with E-state index in [0.717, 1.165) is 0 Å². The van der Waals surface area contributed by atoms with E-state index in [1.54, 1.807) is 0 Å². The minimum absolute atomic E-state index is 0.747. The van der Waals surface area contributed by atoms with Gasteiger partial charge in [-0.05, 0) is 0 Å². The second-order valence-electron chi connectivity index (χ2n) is 2.46. The Bertz CT molecular complexity index is 129. The molecule has 66 valence electrons. The Morgan fingerprint density at radius 1 is 0.909 bits per heavy atom. The molecule has 0 radical (unpaired) electrons. The minimum Gasteiger partial charge on any atom is -0.387 e. The lowest BCUT2D eigenvalue weighted by atomic mass is 10.1. The van der Waals surface area contributed by atoms with Crippen LogP contribution in [0.15, 0.2) is 0 Å². The van der Waals surface area contributed by atoms with Crippen molar-refractivity contribution < 1.29 is 25.2 Å². The summed E-state index contributed by atoms with van der Waals surface area (Å²) in [5.74, 6) is -0.747. The van der Waals surface area contributed by atoms with Gasteiger partial charge in [0.1, 0.15) is 24.2 Å². The lowest BCUT2D eigenvalue weighted by Gasteiger charge is -2.36. The zero-order chi connectivity index (χ0) is 8.59. The van der Waals surface area contributed by atoms with Crippen molar-refractivity contribution in [2.45, 2.75) is 30.4 Å². The standard InChI is InChI=1S/C5H11O5P/c6-1-2(7)4(9)10-5(11)3(1)8/h1-9H,11H2/t1-,2-,3+,4+,5-/m1/s1. The van der Waals surface area contributed by atoms with Crippen LogP contribution in [-0.4, -0.2) is 50.9 Å². The van der Waals surface area contributed by atoms with Crippen LogP contribution in [0.2, 0.25) is 0 Å². The monoisotopic (exact) mass is 182 g/mol. The Balaban J connectivity index is 2.63. The Morgan fingerprint density at radius 3 is 2.00 bits per heavy atom. The largest absolute Gasteiger partial charge is 0.387 e. The number of ether oxygens (including phenoxy) is 1. The van der Waals surface area contributed by atoms with E-state index in [0.29, 0.717) is 0 Å². The molecule has 1 aliphatic rings. The van der Waals surface area contributed by atoms with Crippen molar-refractivity contribution in [1.82, 2.24) is 0 Å². The third-order valence-electron chi connectivity index (χ3n) is 1.63. The molecule has 11 heavy (non-hydrogen) atoms. The van der Waals surface area contributed by atoms with E-state index in [4.69, 9.17) is 20.4 Å². The minimum atomic E-state index is -1.44. The predicted octanol–water partition coefficient (Wildman–Crippen LogP) is -2.38. The summed E-state index contributed by atoms with van der Waals surface area (Å²) in [4.78, 5) is 0. The number of aliphatic hydroxyl groups is 4. The van der Waals surface area contributed by atoms with E-state index in [1.807, 2.05) is 0 Å². The molecule has 1 unspecified atom stereocenters. The van der Waals surface area contributed by atoms with Gasteiger partial charge in [-0.3, -0.25) is 0 Å². The summed E-state index contributed by atoms with van der Waals surface area (Å²) in [7, 11) is 2.11. The molecular weight excluding hydrogens is 171 g/mol. The molecule has 1 aliphatic heterocycles. The number of hydrogen-bond acceptors (Lipinski definition) is 5. The Kier molecular flexibility index (Phi) is 2.80. The van der Waals surface area contributed by atoms with Gasteiger partial charge in [0.15, 0.2) is 6.29 Å². The Morgan fingerprint density at radius 2 is 1.45 bits per heavy atom. The van der Waals surface area contributed by atoms with Gasteiger partial charge in [-0.1, -0.05) is 0 Å². The molecule has 0 bridgehead atoms. The van der Waals surface area contributed by atoms with Gasteiger partial charge in [-0.2, -0.15) is 0 Å². The third kappa shape index (κ3) is 1.69. The second-order valence-corrected chi connectivity index (χ2v) is 3.12. The lowest BCUT2D eigenvalue weighted by Crippen LogP contribution is -2.55. The van der Waals surface area contributed by atoms with Crippen LogP contribution in [0, 0.1) is 0 Å². The Hall–Kier alpha value is 0.230. The van der Waals surface area contributed by atoms with Gasteiger partial charge in [0.2, 0.25) is 0 Å². The molecule has 0 aliphatic carbocycles. The highest BCUT2D eigenvalue weighted by atomic mass is 31.0. The van der Waals surface area contributed by atoms with Gasteiger partial charge in [0.25, 0.3) is 0 Å². The van der Waals surface area contributed by atoms with Crippen LogP contribution in [0.1, 0.15) is 0 Å². The highest BCUT2D eigenvalue weighted by molar-refractivity contribution is 7.17. The summed E-state index contributed by atoms with van der Waals surface area (Å²) in [6.45, 7) is 0. The van der Waals surface area contributed by atoms with Crippen molar-refractivity contribution in [2.24, 2.45) is 0 Å². The third-order valence-corrected chi connectivity index (χ3v) is 2.18. The molecule has 0 aromatic carbocycles. The molecule has 1 saturated heterocycles. The maximum atomic E-state index is 9.07. The van der Waals surface area contributed by atoms with Crippen LogP contribution in [0.5, 0.6) is 0 Å². The molecular formula is C5H11O5P. The van der Waals surface area contributed by atoms with Crippen LogP contribution < -0.4 is 0 Å². The average molecular weight is 182 g/mol. The van der Waals surface area contributed by atoms with Crippen LogP contribution >= 0.6 is 9.24 Å². The van der Waals surface area contributed by atoms with Crippen LogP contribution in [0.4, 0.5) is 0 Å². The molecule has 0 saturated carbocycles. The molecule has 0 spiro atoms. The zero-order valence-electron chi connectivity index (χ0n) is 5.66. The summed E-state index contributed by atoms with van der Waals surface area (Å²) in [6.07, 6.45) is -5.42. The molecule has 0 aromatic rings. The van der Waals surface area contributed by atoms with E-state index in [9.17, 15) is 0 Å². The number of rotatable bonds is 0. The topological polar surface area (TPSA) is 90.2 Å². The van der Waals surface area contributed by atoms with Gasteiger partial charge < -0.3 is 25.2 Å². The van der Waals surface area contributed by atoms with Crippen LogP contribution in [0.25, 0.3) is 0 Å². The van der Waals surface area contributed by atoms with E-state index in [1.165, 1.54) is 0 Å². The van der Waals surface area contributed by atoms with Gasteiger partial charge in [0, 0.05) is 0 Å². The molecule has 5 nitrogen and oxygen atoms in total. The molecule has 6 heteroatoms. The highest BCUT2D eigenvalue weighted by Crippen LogP contribution is 2.23. The summed E-state index contributed by atoms with van der Waals surface area (Å²) in [5, 5.41) is 35.9. The van der Waals surface area contributed by atoms with E-state index < -0.39 is 30.4 Å². The summed E-state index contributed by atoms with van der Waals surface area (Å²) in [5.41, 5.74) is 0.